The Hall–Kier alpha value is -2.03. The Labute approximate surface area is 119 Å². The number of carbonyl (C=O) groups excluding carboxylic acids is 2. The second-order valence-corrected chi connectivity index (χ2v) is 4.71. The summed E-state index contributed by atoms with van der Waals surface area (Å²) < 4.78 is 9.34. The molecule has 1 rings (SSSR count). The third kappa shape index (κ3) is 4.26. The smallest absolute Gasteiger partial charge is 0.433 e. The zero-order valence-corrected chi connectivity index (χ0v) is 11.8. The van der Waals surface area contributed by atoms with Crippen LogP contribution in [-0.4, -0.2) is 42.0 Å². The van der Waals surface area contributed by atoms with Crippen molar-refractivity contribution in [2.45, 2.75) is 12.5 Å². The summed E-state index contributed by atoms with van der Waals surface area (Å²) in [6.07, 6.45) is 2.26. The molecule has 0 unspecified atom stereocenters. The second-order valence-electron chi connectivity index (χ2n) is 3.73. The van der Waals surface area contributed by atoms with Gasteiger partial charge in [-0.25, -0.2) is 4.79 Å². The number of ether oxygens (including phenoxy) is 1. The van der Waals surface area contributed by atoms with Crippen LogP contribution in [0.5, 0.6) is 0 Å². The first-order valence-electron chi connectivity index (χ1n) is 5.61. The number of esters is 1. The first-order chi connectivity index (χ1) is 9.49. The van der Waals surface area contributed by atoms with Crippen molar-refractivity contribution < 1.29 is 23.7 Å². The quantitative estimate of drug-likeness (QED) is 0.457. The molecule has 110 valence electrons. The Morgan fingerprint density at radius 3 is 2.75 bits per heavy atom. The van der Waals surface area contributed by atoms with Crippen molar-refractivity contribution in [1.29, 1.82) is 0 Å². The Morgan fingerprint density at radius 1 is 1.55 bits per heavy atom. The number of nitrogens with zero attached hydrogens (tertiary/aromatic N) is 1. The molecule has 8 nitrogen and oxygen atoms in total. The van der Waals surface area contributed by atoms with Crippen LogP contribution in [0.15, 0.2) is 16.5 Å². The summed E-state index contributed by atoms with van der Waals surface area (Å²) in [5, 5.41) is 12.9. The number of carbonyl (C=O) groups is 2. The molecule has 0 spiro atoms. The second kappa shape index (κ2) is 7.53. The molecule has 0 aliphatic carbocycles. The fourth-order valence-electron chi connectivity index (χ4n) is 1.40. The van der Waals surface area contributed by atoms with E-state index in [1.54, 1.807) is 0 Å². The summed E-state index contributed by atoms with van der Waals surface area (Å²) in [5.41, 5.74) is 0. The van der Waals surface area contributed by atoms with E-state index < -0.39 is 28.7 Å². The van der Waals surface area contributed by atoms with Gasteiger partial charge < -0.3 is 14.5 Å². The monoisotopic (exact) mass is 302 g/mol. The molecule has 0 aromatic carbocycles. The van der Waals surface area contributed by atoms with Gasteiger partial charge in [0.05, 0.1) is 13.2 Å². The van der Waals surface area contributed by atoms with Gasteiger partial charge >= 0.3 is 11.9 Å². The van der Waals surface area contributed by atoms with Gasteiger partial charge in [0.1, 0.15) is 11.0 Å². The van der Waals surface area contributed by atoms with E-state index in [0.29, 0.717) is 12.2 Å². The molecule has 1 N–H and O–H groups in total. The lowest BCUT2D eigenvalue weighted by Gasteiger charge is -2.14. The van der Waals surface area contributed by atoms with Gasteiger partial charge in [-0.05, 0) is 24.5 Å². The lowest BCUT2D eigenvalue weighted by atomic mass is 10.2. The van der Waals surface area contributed by atoms with Crippen LogP contribution in [0, 0.1) is 10.1 Å². The van der Waals surface area contributed by atoms with Gasteiger partial charge in [0, 0.05) is 0 Å². The van der Waals surface area contributed by atoms with Crippen molar-refractivity contribution in [3.05, 3.63) is 28.0 Å². The highest BCUT2D eigenvalue weighted by Crippen LogP contribution is 2.15. The number of nitro groups is 1. The maximum atomic E-state index is 11.8. The Kier molecular flexibility index (Phi) is 6.04. The molecule has 0 radical (unpaired) electrons. The SMILES string of the molecule is COC(=O)[C@@H](CCSC)NC(=O)c1ccc([N+](=O)[O-])o1. The predicted molar refractivity (Wildman–Crippen MR) is 71.6 cm³/mol. The fourth-order valence-corrected chi connectivity index (χ4v) is 1.88. The number of rotatable bonds is 7. The van der Waals surface area contributed by atoms with Crippen molar-refractivity contribution in [2.24, 2.45) is 0 Å². The summed E-state index contributed by atoms with van der Waals surface area (Å²) in [4.78, 5) is 33.1. The first-order valence-corrected chi connectivity index (χ1v) is 7.00. The van der Waals surface area contributed by atoms with Crippen molar-refractivity contribution in [3.63, 3.8) is 0 Å². The number of nitrogens with one attached hydrogen (secondary N) is 1. The van der Waals surface area contributed by atoms with E-state index in [1.165, 1.54) is 24.9 Å². The lowest BCUT2D eigenvalue weighted by molar-refractivity contribution is -0.402. The van der Waals surface area contributed by atoms with Crippen molar-refractivity contribution >= 4 is 29.5 Å². The van der Waals surface area contributed by atoms with Crippen LogP contribution in [0.2, 0.25) is 0 Å². The summed E-state index contributed by atoms with van der Waals surface area (Å²) in [5.74, 6) is -1.38. The highest BCUT2D eigenvalue weighted by atomic mass is 32.2. The molecule has 0 fully saturated rings. The topological polar surface area (TPSA) is 112 Å². The molecule has 1 aromatic rings. The Morgan fingerprint density at radius 2 is 2.25 bits per heavy atom. The van der Waals surface area contributed by atoms with Gasteiger partial charge in [-0.3, -0.25) is 14.9 Å². The van der Waals surface area contributed by atoms with Gasteiger partial charge in [0.25, 0.3) is 5.91 Å². The number of hydrogen-bond donors (Lipinski definition) is 1. The molecule has 0 saturated carbocycles. The number of furan rings is 1. The molecule has 0 bridgehead atoms. The number of thioether (sulfide) groups is 1. The third-order valence-electron chi connectivity index (χ3n) is 2.40. The van der Waals surface area contributed by atoms with Gasteiger partial charge in [0.15, 0.2) is 5.76 Å². The van der Waals surface area contributed by atoms with Crippen LogP contribution in [0.3, 0.4) is 0 Å². The highest BCUT2D eigenvalue weighted by Gasteiger charge is 2.24. The van der Waals surface area contributed by atoms with Gasteiger partial charge in [-0.2, -0.15) is 11.8 Å². The molecule has 0 aliphatic heterocycles. The summed E-state index contributed by atoms with van der Waals surface area (Å²) >= 11 is 1.52. The minimum Gasteiger partial charge on any atom is -0.467 e. The lowest BCUT2D eigenvalue weighted by Crippen LogP contribution is -2.41. The average Bonchev–Trinajstić information content (AvgIpc) is 2.92. The molecule has 1 heterocycles. The average molecular weight is 302 g/mol. The molecule has 1 atom stereocenters. The standard InChI is InChI=1S/C11H14N2O6S/c1-18-11(15)7(5-6-20-2)12-10(14)8-3-4-9(19-8)13(16)17/h3-4,7H,5-6H2,1-2H3,(H,12,14)/t7-/m1/s1. The van der Waals surface area contributed by atoms with Crippen molar-refractivity contribution in [1.82, 2.24) is 5.32 Å². The van der Waals surface area contributed by atoms with E-state index in [1.807, 2.05) is 6.26 Å². The van der Waals surface area contributed by atoms with Crippen LogP contribution in [0.4, 0.5) is 5.88 Å². The van der Waals surface area contributed by atoms with E-state index >= 15 is 0 Å². The van der Waals surface area contributed by atoms with Crippen molar-refractivity contribution in [2.75, 3.05) is 19.1 Å². The fraction of sp³-hybridized carbons (Fsp3) is 0.455. The summed E-state index contributed by atoms with van der Waals surface area (Å²) in [7, 11) is 1.22. The summed E-state index contributed by atoms with van der Waals surface area (Å²) in [6, 6.07) is 1.43. The number of methoxy groups -OCH3 is 1. The van der Waals surface area contributed by atoms with Gasteiger partial charge in [0.2, 0.25) is 0 Å². The van der Waals surface area contributed by atoms with E-state index in [0.717, 1.165) is 6.07 Å². The Balaban J connectivity index is 2.73. The van der Waals surface area contributed by atoms with Crippen LogP contribution in [-0.2, 0) is 9.53 Å². The van der Waals surface area contributed by atoms with Crippen LogP contribution >= 0.6 is 11.8 Å². The maximum absolute atomic E-state index is 11.8. The molecule has 0 aliphatic rings. The normalized spacial score (nSPS) is 11.7. The highest BCUT2D eigenvalue weighted by molar-refractivity contribution is 7.98. The predicted octanol–water partition coefficient (Wildman–Crippen LogP) is 1.21. The van der Waals surface area contributed by atoms with E-state index in [2.05, 4.69) is 10.1 Å². The molecule has 20 heavy (non-hydrogen) atoms. The number of hydrogen-bond acceptors (Lipinski definition) is 7. The van der Waals surface area contributed by atoms with E-state index in [4.69, 9.17) is 4.42 Å². The van der Waals surface area contributed by atoms with Gasteiger partial charge in [-0.15, -0.1) is 0 Å². The third-order valence-corrected chi connectivity index (χ3v) is 3.04. The van der Waals surface area contributed by atoms with Crippen molar-refractivity contribution in [3.8, 4) is 0 Å². The Bertz CT molecular complexity index is 501. The van der Waals surface area contributed by atoms with E-state index in [9.17, 15) is 19.7 Å². The molecular formula is C11H14N2O6S. The van der Waals surface area contributed by atoms with Crippen LogP contribution in [0.25, 0.3) is 0 Å². The minimum absolute atomic E-state index is 0.227. The van der Waals surface area contributed by atoms with Gasteiger partial charge in [-0.1, -0.05) is 0 Å². The molecular weight excluding hydrogens is 288 g/mol. The summed E-state index contributed by atoms with van der Waals surface area (Å²) in [6.45, 7) is 0. The maximum Gasteiger partial charge on any atom is 0.433 e. The molecule has 9 heteroatoms. The van der Waals surface area contributed by atoms with E-state index in [-0.39, 0.29) is 5.76 Å². The molecule has 0 saturated heterocycles. The molecule has 1 aromatic heterocycles. The first kappa shape index (κ1) is 16.0. The van der Waals surface area contributed by atoms with Crippen LogP contribution < -0.4 is 5.32 Å². The van der Waals surface area contributed by atoms with Crippen LogP contribution in [0.1, 0.15) is 17.0 Å². The minimum atomic E-state index is -0.816. The largest absolute Gasteiger partial charge is 0.467 e. The zero-order chi connectivity index (χ0) is 15.1. The zero-order valence-electron chi connectivity index (χ0n) is 11.0. The number of amides is 1. The molecule has 1 amide bonds.